The standard InChI is InChI=1S/C29H32FN5O4/c30-25-9-7-23(8-10-25)20-35(21-27-6-2-15-39-27)28(36)22-34(12-3-11-33-13-16-38-17-14-33)29(37)32-26-5-1-4-24(18-26)19-31/h1-2,4-10,15,18H,3,11-14,16-17,20-22H2,(H,32,37). The molecule has 0 radical (unpaired) electrons. The second-order valence-electron chi connectivity index (χ2n) is 9.31. The fourth-order valence-electron chi connectivity index (χ4n) is 4.33. The largest absolute Gasteiger partial charge is 0.467 e. The Bertz CT molecular complexity index is 1250. The maximum absolute atomic E-state index is 13.6. The van der Waals surface area contributed by atoms with Gasteiger partial charge >= 0.3 is 6.03 Å². The first-order valence-corrected chi connectivity index (χ1v) is 12.9. The topological polar surface area (TPSA) is 102 Å². The number of anilines is 1. The van der Waals surface area contributed by atoms with Gasteiger partial charge in [-0.2, -0.15) is 5.26 Å². The lowest BCUT2D eigenvalue weighted by Gasteiger charge is -2.30. The Hall–Kier alpha value is -4.20. The third-order valence-corrected chi connectivity index (χ3v) is 6.43. The molecule has 204 valence electrons. The van der Waals surface area contributed by atoms with E-state index < -0.39 is 6.03 Å². The molecule has 3 aromatic rings. The molecule has 1 N–H and O–H groups in total. The zero-order valence-corrected chi connectivity index (χ0v) is 21.7. The molecular weight excluding hydrogens is 501 g/mol. The van der Waals surface area contributed by atoms with E-state index >= 15 is 0 Å². The molecule has 10 heteroatoms. The summed E-state index contributed by atoms with van der Waals surface area (Å²) in [5.74, 6) is -0.0311. The van der Waals surface area contributed by atoms with Crippen LogP contribution in [0.3, 0.4) is 0 Å². The number of benzene rings is 2. The molecule has 2 heterocycles. The molecule has 39 heavy (non-hydrogen) atoms. The van der Waals surface area contributed by atoms with Crippen LogP contribution in [0.1, 0.15) is 23.3 Å². The highest BCUT2D eigenvalue weighted by molar-refractivity contribution is 5.92. The van der Waals surface area contributed by atoms with Gasteiger partial charge in [-0.1, -0.05) is 18.2 Å². The van der Waals surface area contributed by atoms with Crippen LogP contribution in [-0.2, 0) is 22.6 Å². The van der Waals surface area contributed by atoms with Crippen molar-refractivity contribution < 1.29 is 23.1 Å². The van der Waals surface area contributed by atoms with Crippen molar-refractivity contribution in [3.8, 4) is 6.07 Å². The molecule has 1 saturated heterocycles. The van der Waals surface area contributed by atoms with Crippen molar-refractivity contribution in [1.29, 1.82) is 5.26 Å². The van der Waals surface area contributed by atoms with Crippen LogP contribution in [-0.4, -0.2) is 72.6 Å². The molecule has 1 aliphatic rings. The monoisotopic (exact) mass is 533 g/mol. The summed E-state index contributed by atoms with van der Waals surface area (Å²) in [5, 5.41) is 12.0. The molecule has 4 rings (SSSR count). The molecule has 0 bridgehead atoms. The summed E-state index contributed by atoms with van der Waals surface area (Å²) in [7, 11) is 0. The number of carbonyl (C=O) groups excluding carboxylic acids is 2. The number of halogens is 1. The van der Waals surface area contributed by atoms with Gasteiger partial charge in [-0.05, 0) is 54.4 Å². The van der Waals surface area contributed by atoms with E-state index in [2.05, 4.69) is 16.3 Å². The Morgan fingerprint density at radius 2 is 1.82 bits per heavy atom. The Morgan fingerprint density at radius 1 is 1.03 bits per heavy atom. The van der Waals surface area contributed by atoms with Gasteiger partial charge in [0.15, 0.2) is 0 Å². The minimum atomic E-state index is -0.430. The number of nitrogens with zero attached hydrogens (tertiary/aromatic N) is 4. The average Bonchev–Trinajstić information content (AvgIpc) is 3.47. The zero-order chi connectivity index (χ0) is 27.5. The summed E-state index contributed by atoms with van der Waals surface area (Å²) >= 11 is 0. The fourth-order valence-corrected chi connectivity index (χ4v) is 4.33. The highest BCUT2D eigenvalue weighted by Gasteiger charge is 2.23. The van der Waals surface area contributed by atoms with Crippen molar-refractivity contribution in [2.45, 2.75) is 19.5 Å². The Kier molecular flexibility index (Phi) is 10.1. The maximum Gasteiger partial charge on any atom is 0.322 e. The number of ether oxygens (including phenoxy) is 1. The lowest BCUT2D eigenvalue weighted by Crippen LogP contribution is -2.45. The van der Waals surface area contributed by atoms with Crippen LogP contribution in [0.2, 0.25) is 0 Å². The zero-order valence-electron chi connectivity index (χ0n) is 21.7. The molecule has 0 atom stereocenters. The normalized spacial score (nSPS) is 13.4. The molecule has 1 aliphatic heterocycles. The van der Waals surface area contributed by atoms with Crippen molar-refractivity contribution >= 4 is 17.6 Å². The van der Waals surface area contributed by atoms with Gasteiger partial charge in [-0.15, -0.1) is 0 Å². The second kappa shape index (κ2) is 14.1. The molecular formula is C29H32FN5O4. The van der Waals surface area contributed by atoms with Crippen molar-refractivity contribution in [2.75, 3.05) is 51.3 Å². The minimum absolute atomic E-state index is 0.158. The van der Waals surface area contributed by atoms with Crippen LogP contribution in [0.5, 0.6) is 0 Å². The SMILES string of the molecule is N#Cc1cccc(NC(=O)N(CCCN2CCOCC2)CC(=O)N(Cc2ccc(F)cc2)Cc2ccco2)c1. The van der Waals surface area contributed by atoms with E-state index in [-0.39, 0.29) is 31.4 Å². The Morgan fingerprint density at radius 3 is 2.54 bits per heavy atom. The van der Waals surface area contributed by atoms with E-state index in [9.17, 15) is 19.2 Å². The van der Waals surface area contributed by atoms with E-state index in [1.807, 2.05) is 0 Å². The summed E-state index contributed by atoms with van der Waals surface area (Å²) < 4.78 is 24.3. The lowest BCUT2D eigenvalue weighted by atomic mass is 10.2. The fraction of sp³-hybridized carbons (Fsp3) is 0.345. The number of furan rings is 1. The van der Waals surface area contributed by atoms with Crippen LogP contribution >= 0.6 is 0 Å². The maximum atomic E-state index is 13.6. The molecule has 1 aromatic heterocycles. The van der Waals surface area contributed by atoms with Gasteiger partial charge in [0.25, 0.3) is 0 Å². The highest BCUT2D eigenvalue weighted by atomic mass is 19.1. The molecule has 0 aliphatic carbocycles. The molecule has 3 amide bonds. The lowest BCUT2D eigenvalue weighted by molar-refractivity contribution is -0.133. The Labute approximate surface area is 227 Å². The van der Waals surface area contributed by atoms with Gasteiger partial charge < -0.3 is 24.3 Å². The van der Waals surface area contributed by atoms with Gasteiger partial charge in [0.05, 0.1) is 37.7 Å². The van der Waals surface area contributed by atoms with Gasteiger partial charge in [0, 0.05) is 38.4 Å². The average molecular weight is 534 g/mol. The number of amides is 3. The molecule has 0 spiro atoms. The quantitative estimate of drug-likeness (QED) is 0.399. The van der Waals surface area contributed by atoms with Crippen LogP contribution in [0, 0.1) is 17.1 Å². The molecule has 9 nitrogen and oxygen atoms in total. The molecule has 0 unspecified atom stereocenters. The van der Waals surface area contributed by atoms with Gasteiger partial charge in [-0.3, -0.25) is 9.69 Å². The number of hydrogen-bond acceptors (Lipinski definition) is 6. The molecule has 1 fully saturated rings. The van der Waals surface area contributed by atoms with E-state index in [4.69, 9.17) is 9.15 Å². The summed E-state index contributed by atoms with van der Waals surface area (Å²) in [6.45, 7) is 4.45. The van der Waals surface area contributed by atoms with Crippen LogP contribution in [0.4, 0.5) is 14.9 Å². The molecule has 2 aromatic carbocycles. The smallest absolute Gasteiger partial charge is 0.322 e. The number of rotatable bonds is 11. The van der Waals surface area contributed by atoms with Gasteiger partial charge in [0.1, 0.15) is 18.1 Å². The summed E-state index contributed by atoms with van der Waals surface area (Å²) in [5.41, 5.74) is 1.66. The predicted molar refractivity (Wildman–Crippen MR) is 143 cm³/mol. The summed E-state index contributed by atoms with van der Waals surface area (Å²) in [6.07, 6.45) is 2.21. The van der Waals surface area contributed by atoms with Crippen molar-refractivity contribution in [3.63, 3.8) is 0 Å². The van der Waals surface area contributed by atoms with Crippen molar-refractivity contribution in [3.05, 3.63) is 89.6 Å². The van der Waals surface area contributed by atoms with Crippen molar-refractivity contribution in [2.24, 2.45) is 0 Å². The van der Waals surface area contributed by atoms with Gasteiger partial charge in [0.2, 0.25) is 5.91 Å². The third kappa shape index (κ3) is 8.67. The van der Waals surface area contributed by atoms with Crippen molar-refractivity contribution in [1.82, 2.24) is 14.7 Å². The van der Waals surface area contributed by atoms with E-state index in [1.54, 1.807) is 53.4 Å². The number of hydrogen-bond donors (Lipinski definition) is 1. The molecule has 0 saturated carbocycles. The Balaban J connectivity index is 1.47. The number of morpholine rings is 1. The number of carbonyl (C=O) groups is 2. The first-order valence-electron chi connectivity index (χ1n) is 12.9. The van der Waals surface area contributed by atoms with Crippen LogP contribution in [0.25, 0.3) is 0 Å². The highest BCUT2D eigenvalue weighted by Crippen LogP contribution is 2.15. The van der Waals surface area contributed by atoms with Crippen LogP contribution in [0.15, 0.2) is 71.3 Å². The first kappa shape index (κ1) is 27.8. The van der Waals surface area contributed by atoms with E-state index in [0.29, 0.717) is 43.2 Å². The summed E-state index contributed by atoms with van der Waals surface area (Å²) in [4.78, 5) is 32.3. The van der Waals surface area contributed by atoms with Crippen LogP contribution < -0.4 is 5.32 Å². The third-order valence-electron chi connectivity index (χ3n) is 6.43. The van der Waals surface area contributed by atoms with E-state index in [0.717, 1.165) is 25.2 Å². The van der Waals surface area contributed by atoms with Gasteiger partial charge in [-0.25, -0.2) is 9.18 Å². The first-order chi connectivity index (χ1) is 19.0. The number of urea groups is 1. The van der Waals surface area contributed by atoms with E-state index in [1.165, 1.54) is 23.3 Å². The second-order valence-corrected chi connectivity index (χ2v) is 9.31. The number of nitriles is 1. The predicted octanol–water partition coefficient (Wildman–Crippen LogP) is 4.08. The number of nitrogens with one attached hydrogen (secondary N) is 1. The minimum Gasteiger partial charge on any atom is -0.467 e. The summed E-state index contributed by atoms with van der Waals surface area (Å²) in [6, 6.07) is 17.8.